The van der Waals surface area contributed by atoms with Crippen molar-refractivity contribution in [2.45, 2.75) is 20.4 Å². The van der Waals surface area contributed by atoms with Crippen LogP contribution >= 0.6 is 0 Å². The molecule has 1 heterocycles. The summed E-state index contributed by atoms with van der Waals surface area (Å²) in [6.45, 7) is 4.97. The molecule has 1 aromatic heterocycles. The number of amides is 1. The predicted octanol–water partition coefficient (Wildman–Crippen LogP) is 4.62. The van der Waals surface area contributed by atoms with Gasteiger partial charge in [-0.2, -0.15) is 0 Å². The molecule has 0 unspecified atom stereocenters. The summed E-state index contributed by atoms with van der Waals surface area (Å²) in [5.74, 6) is -0.670. The number of carbonyl (C=O) groups excluding carboxylic acids is 1. The molecule has 0 aliphatic carbocycles. The van der Waals surface area contributed by atoms with Crippen LogP contribution in [0.5, 0.6) is 0 Å². The van der Waals surface area contributed by atoms with Gasteiger partial charge in [0.25, 0.3) is 5.91 Å². The van der Waals surface area contributed by atoms with Gasteiger partial charge in [0.15, 0.2) is 0 Å². The quantitative estimate of drug-likeness (QED) is 0.695. The number of hydrogen-bond donors (Lipinski definition) is 1. The minimum absolute atomic E-state index is 0.118. The highest BCUT2D eigenvalue weighted by molar-refractivity contribution is 5.93. The molecule has 0 bridgehead atoms. The zero-order valence-corrected chi connectivity index (χ0v) is 15.4. The van der Waals surface area contributed by atoms with Gasteiger partial charge in [0.05, 0.1) is 0 Å². The zero-order chi connectivity index (χ0) is 19.2. The third-order valence-electron chi connectivity index (χ3n) is 4.31. The van der Waals surface area contributed by atoms with Crippen LogP contribution in [-0.4, -0.2) is 17.4 Å². The normalized spacial score (nSPS) is 10.5. The number of carbonyl (C=O) groups is 1. The van der Waals surface area contributed by atoms with Crippen molar-refractivity contribution in [3.05, 3.63) is 89.5 Å². The molecule has 1 N–H and O–H groups in total. The highest BCUT2D eigenvalue weighted by atomic mass is 19.1. The number of nitrogens with one attached hydrogen (secondary N) is 1. The molecule has 5 heteroatoms. The Balaban J connectivity index is 1.78. The third-order valence-corrected chi connectivity index (χ3v) is 4.31. The van der Waals surface area contributed by atoms with Crippen LogP contribution in [0.2, 0.25) is 0 Å². The second-order valence-electron chi connectivity index (χ2n) is 6.26. The van der Waals surface area contributed by atoms with Gasteiger partial charge in [-0.25, -0.2) is 4.39 Å². The van der Waals surface area contributed by atoms with Gasteiger partial charge < -0.3 is 10.2 Å². The molecule has 0 spiro atoms. The third kappa shape index (κ3) is 4.50. The number of benzene rings is 2. The standard InChI is InChI=1S/C22H22FN3O/c1-3-26(18-9-6-7-16(2)13-18)19-11-12-24-21(14-19)22(27)25-15-17-8-4-5-10-20(17)23/h4-14H,3,15H2,1-2H3,(H,25,27). The van der Waals surface area contributed by atoms with E-state index in [1.165, 1.54) is 11.6 Å². The van der Waals surface area contributed by atoms with Crippen molar-refractivity contribution >= 4 is 17.3 Å². The Morgan fingerprint density at radius 2 is 1.85 bits per heavy atom. The summed E-state index contributed by atoms with van der Waals surface area (Å²) in [6, 6.07) is 18.2. The van der Waals surface area contributed by atoms with Gasteiger partial charge >= 0.3 is 0 Å². The molecule has 3 rings (SSSR count). The van der Waals surface area contributed by atoms with Gasteiger partial charge in [0.1, 0.15) is 11.5 Å². The smallest absolute Gasteiger partial charge is 0.270 e. The Kier molecular flexibility index (Phi) is 5.81. The molecule has 2 aromatic carbocycles. The molecule has 0 aliphatic heterocycles. The van der Waals surface area contributed by atoms with Crippen molar-refractivity contribution in [1.82, 2.24) is 10.3 Å². The number of aryl methyl sites for hydroxylation is 1. The zero-order valence-electron chi connectivity index (χ0n) is 15.4. The molecule has 1 amide bonds. The summed E-state index contributed by atoms with van der Waals surface area (Å²) < 4.78 is 13.7. The van der Waals surface area contributed by atoms with E-state index in [0.717, 1.165) is 17.9 Å². The van der Waals surface area contributed by atoms with Crippen LogP contribution in [0.15, 0.2) is 66.9 Å². The van der Waals surface area contributed by atoms with Gasteiger partial charge in [-0.3, -0.25) is 9.78 Å². The van der Waals surface area contributed by atoms with Crippen molar-refractivity contribution in [3.63, 3.8) is 0 Å². The van der Waals surface area contributed by atoms with Crippen molar-refractivity contribution in [2.24, 2.45) is 0 Å². The molecule has 0 fully saturated rings. The number of nitrogens with zero attached hydrogens (tertiary/aromatic N) is 2. The van der Waals surface area contributed by atoms with E-state index in [0.29, 0.717) is 11.3 Å². The topological polar surface area (TPSA) is 45.2 Å². The molecule has 0 aliphatic rings. The maximum atomic E-state index is 13.7. The van der Waals surface area contributed by atoms with E-state index in [1.807, 2.05) is 31.2 Å². The monoisotopic (exact) mass is 363 g/mol. The average Bonchev–Trinajstić information content (AvgIpc) is 2.68. The first-order chi connectivity index (χ1) is 13.1. The summed E-state index contributed by atoms with van der Waals surface area (Å²) in [7, 11) is 0. The van der Waals surface area contributed by atoms with Crippen LogP contribution in [-0.2, 0) is 6.54 Å². The Hall–Kier alpha value is -3.21. The SMILES string of the molecule is CCN(c1cccc(C)c1)c1ccnc(C(=O)NCc2ccccc2F)c1. The highest BCUT2D eigenvalue weighted by Gasteiger charge is 2.13. The number of anilines is 2. The van der Waals surface area contributed by atoms with Crippen LogP contribution in [0, 0.1) is 12.7 Å². The lowest BCUT2D eigenvalue weighted by atomic mass is 10.2. The predicted molar refractivity (Wildman–Crippen MR) is 106 cm³/mol. The molecule has 4 nitrogen and oxygen atoms in total. The van der Waals surface area contributed by atoms with Gasteiger partial charge in [-0.05, 0) is 49.7 Å². The molecule has 3 aromatic rings. The summed E-state index contributed by atoms with van der Waals surface area (Å²) >= 11 is 0. The summed E-state index contributed by atoms with van der Waals surface area (Å²) in [6.07, 6.45) is 1.62. The van der Waals surface area contributed by atoms with Crippen molar-refractivity contribution in [3.8, 4) is 0 Å². The Morgan fingerprint density at radius 3 is 2.59 bits per heavy atom. The minimum atomic E-state index is -0.337. The Bertz CT molecular complexity index is 942. The maximum Gasteiger partial charge on any atom is 0.270 e. The number of aromatic nitrogens is 1. The van der Waals surface area contributed by atoms with Crippen molar-refractivity contribution < 1.29 is 9.18 Å². The van der Waals surface area contributed by atoms with E-state index in [1.54, 1.807) is 30.5 Å². The second kappa shape index (κ2) is 8.45. The Labute approximate surface area is 158 Å². The molecular formula is C22H22FN3O. The number of pyridine rings is 1. The molecular weight excluding hydrogens is 341 g/mol. The van der Waals surface area contributed by atoms with Gasteiger partial charge in [-0.15, -0.1) is 0 Å². The van der Waals surface area contributed by atoms with Crippen LogP contribution in [0.25, 0.3) is 0 Å². The number of hydrogen-bond acceptors (Lipinski definition) is 3. The van der Waals surface area contributed by atoms with Crippen LogP contribution < -0.4 is 10.2 Å². The summed E-state index contributed by atoms with van der Waals surface area (Å²) in [4.78, 5) is 18.8. The van der Waals surface area contributed by atoms with E-state index in [9.17, 15) is 9.18 Å². The molecule has 0 saturated heterocycles. The van der Waals surface area contributed by atoms with Gasteiger partial charge in [0, 0.05) is 36.2 Å². The fourth-order valence-corrected chi connectivity index (χ4v) is 2.93. The molecule has 0 atom stereocenters. The van der Waals surface area contributed by atoms with E-state index in [2.05, 4.69) is 28.2 Å². The van der Waals surface area contributed by atoms with Gasteiger partial charge in [0.2, 0.25) is 0 Å². The first kappa shape index (κ1) is 18.6. The lowest BCUT2D eigenvalue weighted by Crippen LogP contribution is -2.25. The lowest BCUT2D eigenvalue weighted by molar-refractivity contribution is 0.0945. The fraction of sp³-hybridized carbons (Fsp3) is 0.182. The number of halogens is 1. The second-order valence-corrected chi connectivity index (χ2v) is 6.26. The largest absolute Gasteiger partial charge is 0.347 e. The van der Waals surface area contributed by atoms with E-state index in [-0.39, 0.29) is 18.3 Å². The number of rotatable bonds is 6. The average molecular weight is 363 g/mol. The van der Waals surface area contributed by atoms with Crippen LogP contribution in [0.3, 0.4) is 0 Å². The molecule has 138 valence electrons. The van der Waals surface area contributed by atoms with Crippen molar-refractivity contribution in [1.29, 1.82) is 0 Å². The van der Waals surface area contributed by atoms with Crippen LogP contribution in [0.4, 0.5) is 15.8 Å². The molecule has 0 saturated carbocycles. The van der Waals surface area contributed by atoms with Gasteiger partial charge in [-0.1, -0.05) is 30.3 Å². The molecule has 27 heavy (non-hydrogen) atoms. The summed E-state index contributed by atoms with van der Waals surface area (Å²) in [5.41, 5.74) is 3.85. The van der Waals surface area contributed by atoms with E-state index in [4.69, 9.17) is 0 Å². The lowest BCUT2D eigenvalue weighted by Gasteiger charge is -2.24. The minimum Gasteiger partial charge on any atom is -0.347 e. The van der Waals surface area contributed by atoms with E-state index < -0.39 is 0 Å². The maximum absolute atomic E-state index is 13.7. The first-order valence-electron chi connectivity index (χ1n) is 8.90. The Morgan fingerprint density at radius 1 is 1.07 bits per heavy atom. The first-order valence-corrected chi connectivity index (χ1v) is 8.90. The highest BCUT2D eigenvalue weighted by Crippen LogP contribution is 2.26. The summed E-state index contributed by atoms with van der Waals surface area (Å²) in [5, 5.41) is 2.73. The van der Waals surface area contributed by atoms with Crippen LogP contribution in [0.1, 0.15) is 28.5 Å². The molecule has 0 radical (unpaired) electrons. The fourth-order valence-electron chi connectivity index (χ4n) is 2.93. The van der Waals surface area contributed by atoms with Crippen molar-refractivity contribution in [2.75, 3.05) is 11.4 Å². The van der Waals surface area contributed by atoms with E-state index >= 15 is 0 Å².